The fraction of sp³-hybridized carbons (Fsp3) is 0.0455. The van der Waals surface area contributed by atoms with E-state index in [9.17, 15) is 14.0 Å². The van der Waals surface area contributed by atoms with Crippen molar-refractivity contribution in [2.24, 2.45) is 0 Å². The Morgan fingerprint density at radius 3 is 2.43 bits per heavy atom. The molecule has 30 heavy (non-hydrogen) atoms. The maximum absolute atomic E-state index is 13.2. The Morgan fingerprint density at radius 2 is 1.73 bits per heavy atom. The molecule has 0 saturated carbocycles. The number of fused-ring (bicyclic) bond motifs is 1. The highest BCUT2D eigenvalue weighted by atomic mass is 35.5. The van der Waals surface area contributed by atoms with Crippen LogP contribution in [0.2, 0.25) is 10.0 Å². The first kappa shape index (κ1) is 20.1. The number of nitrogens with zero attached hydrogens (tertiary/aromatic N) is 2. The number of carbonyl (C=O) groups is 2. The molecule has 5 nitrogen and oxygen atoms in total. The molecular weight excluding hydrogens is 428 g/mol. The maximum Gasteiger partial charge on any atom is 0.298 e. The summed E-state index contributed by atoms with van der Waals surface area (Å²) < 4.78 is 14.8. The van der Waals surface area contributed by atoms with E-state index < -0.39 is 11.7 Å². The number of aromatic nitrogens is 2. The van der Waals surface area contributed by atoms with Crippen LogP contribution in [-0.2, 0) is 11.2 Å². The van der Waals surface area contributed by atoms with Crippen LogP contribution < -0.4 is 5.32 Å². The van der Waals surface area contributed by atoms with Crippen LogP contribution in [-0.4, -0.2) is 21.1 Å². The number of carbonyl (C=O) groups excluding carboxylic acids is 2. The van der Waals surface area contributed by atoms with E-state index in [1.165, 1.54) is 24.5 Å². The molecule has 150 valence electrons. The molecular formula is C22H14Cl2FN3O2. The lowest BCUT2D eigenvalue weighted by molar-refractivity contribution is -0.112. The van der Waals surface area contributed by atoms with Gasteiger partial charge in [0.1, 0.15) is 5.82 Å². The third-order valence-electron chi connectivity index (χ3n) is 4.60. The Hall–Kier alpha value is -3.22. The smallest absolute Gasteiger partial charge is 0.298 e. The molecule has 0 saturated heterocycles. The van der Waals surface area contributed by atoms with Crippen LogP contribution >= 0.6 is 23.2 Å². The van der Waals surface area contributed by atoms with Crippen LogP contribution in [0, 0.1) is 5.82 Å². The largest absolute Gasteiger partial charge is 0.316 e. The van der Waals surface area contributed by atoms with E-state index in [2.05, 4.69) is 10.3 Å². The monoisotopic (exact) mass is 441 g/mol. The maximum atomic E-state index is 13.2. The highest BCUT2D eigenvalue weighted by Gasteiger charge is 2.23. The van der Waals surface area contributed by atoms with Crippen LogP contribution in [0.1, 0.15) is 21.6 Å². The van der Waals surface area contributed by atoms with Gasteiger partial charge in [-0.2, -0.15) is 0 Å². The SMILES string of the molecule is O=C(Nc1c(Cl)cncc1Cl)C(=O)c1cc(Cc2ccc(F)cc2)c2ccccn12. The van der Waals surface area contributed by atoms with Crippen molar-refractivity contribution in [1.29, 1.82) is 0 Å². The molecule has 0 aliphatic carbocycles. The lowest BCUT2D eigenvalue weighted by atomic mass is 10.1. The number of anilines is 1. The van der Waals surface area contributed by atoms with E-state index >= 15 is 0 Å². The van der Waals surface area contributed by atoms with Crippen molar-refractivity contribution in [1.82, 2.24) is 9.38 Å². The van der Waals surface area contributed by atoms with Crippen molar-refractivity contribution in [3.63, 3.8) is 0 Å². The summed E-state index contributed by atoms with van der Waals surface area (Å²) in [4.78, 5) is 29.3. The molecule has 1 aromatic carbocycles. The molecule has 0 radical (unpaired) electrons. The first-order valence-electron chi connectivity index (χ1n) is 8.92. The third-order valence-corrected chi connectivity index (χ3v) is 5.17. The van der Waals surface area contributed by atoms with Crippen LogP contribution in [0.4, 0.5) is 10.1 Å². The molecule has 3 aromatic heterocycles. The minimum atomic E-state index is -0.874. The van der Waals surface area contributed by atoms with Gasteiger partial charge in [0.05, 0.1) is 21.4 Å². The zero-order valence-corrected chi connectivity index (χ0v) is 16.9. The summed E-state index contributed by atoms with van der Waals surface area (Å²) in [6, 6.07) is 13.3. The van der Waals surface area contributed by atoms with Gasteiger partial charge in [-0.05, 0) is 47.9 Å². The first-order valence-corrected chi connectivity index (χ1v) is 9.67. The molecule has 0 atom stereocenters. The summed E-state index contributed by atoms with van der Waals surface area (Å²) in [7, 11) is 0. The predicted molar refractivity (Wildman–Crippen MR) is 114 cm³/mol. The summed E-state index contributed by atoms with van der Waals surface area (Å²) in [5.41, 5.74) is 2.81. The fourth-order valence-electron chi connectivity index (χ4n) is 3.18. The Balaban J connectivity index is 1.67. The van der Waals surface area contributed by atoms with Gasteiger partial charge in [0.25, 0.3) is 11.7 Å². The second-order valence-electron chi connectivity index (χ2n) is 6.58. The van der Waals surface area contributed by atoms with Gasteiger partial charge in [-0.25, -0.2) is 4.39 Å². The van der Waals surface area contributed by atoms with E-state index in [0.717, 1.165) is 16.6 Å². The fourth-order valence-corrected chi connectivity index (χ4v) is 3.64. The van der Waals surface area contributed by atoms with Crippen molar-refractivity contribution in [3.8, 4) is 0 Å². The topological polar surface area (TPSA) is 63.5 Å². The average Bonchev–Trinajstić information content (AvgIpc) is 3.10. The van der Waals surface area contributed by atoms with Crippen molar-refractivity contribution >= 4 is 46.1 Å². The van der Waals surface area contributed by atoms with Crippen LogP contribution in [0.3, 0.4) is 0 Å². The standard InChI is InChI=1S/C22H14Cl2FN3O2/c23-16-11-26-12-17(24)20(16)27-22(30)21(29)19-10-14(18-3-1-2-8-28(18)19)9-13-4-6-15(25)7-5-13/h1-8,10-12H,9H2,(H,26,27,30). The van der Waals surface area contributed by atoms with Crippen molar-refractivity contribution in [2.75, 3.05) is 5.32 Å². The van der Waals surface area contributed by atoms with Crippen molar-refractivity contribution < 1.29 is 14.0 Å². The molecule has 1 amide bonds. The number of rotatable bonds is 5. The lowest BCUT2D eigenvalue weighted by Gasteiger charge is -2.08. The summed E-state index contributed by atoms with van der Waals surface area (Å²) in [6.07, 6.45) is 4.82. The molecule has 0 aliphatic heterocycles. The Bertz CT molecular complexity index is 1250. The number of Topliss-reactive ketones (excluding diaryl/α,β-unsaturated/α-hetero) is 1. The molecule has 4 rings (SSSR count). The number of benzene rings is 1. The van der Waals surface area contributed by atoms with Crippen LogP contribution in [0.25, 0.3) is 5.52 Å². The van der Waals surface area contributed by atoms with E-state index in [0.29, 0.717) is 6.42 Å². The zero-order chi connectivity index (χ0) is 21.3. The first-order chi connectivity index (χ1) is 14.4. The molecule has 0 unspecified atom stereocenters. The molecule has 4 aromatic rings. The lowest BCUT2D eigenvalue weighted by Crippen LogP contribution is -2.24. The third kappa shape index (κ3) is 3.92. The number of pyridine rings is 2. The second kappa shape index (κ2) is 8.26. The minimum Gasteiger partial charge on any atom is -0.316 e. The molecule has 8 heteroatoms. The number of ketones is 1. The van der Waals surface area contributed by atoms with Gasteiger partial charge in [0.2, 0.25) is 0 Å². The highest BCUT2D eigenvalue weighted by Crippen LogP contribution is 2.29. The predicted octanol–water partition coefficient (Wildman–Crippen LogP) is 5.19. The Morgan fingerprint density at radius 1 is 1.03 bits per heavy atom. The number of hydrogen-bond donors (Lipinski definition) is 1. The number of nitrogens with one attached hydrogen (secondary N) is 1. The number of hydrogen-bond acceptors (Lipinski definition) is 3. The van der Waals surface area contributed by atoms with Gasteiger partial charge in [-0.3, -0.25) is 14.6 Å². The second-order valence-corrected chi connectivity index (χ2v) is 7.39. The number of amides is 1. The van der Waals surface area contributed by atoms with Gasteiger partial charge in [0.15, 0.2) is 0 Å². The summed E-state index contributed by atoms with van der Waals surface area (Å²) >= 11 is 12.0. The van der Waals surface area contributed by atoms with E-state index in [-0.39, 0.29) is 27.2 Å². The zero-order valence-electron chi connectivity index (χ0n) is 15.4. The minimum absolute atomic E-state index is 0.124. The highest BCUT2D eigenvalue weighted by molar-refractivity contribution is 6.48. The van der Waals surface area contributed by atoms with Gasteiger partial charge in [-0.1, -0.05) is 41.4 Å². The van der Waals surface area contributed by atoms with E-state index in [1.54, 1.807) is 34.9 Å². The summed E-state index contributed by atoms with van der Waals surface area (Å²) in [5.74, 6) is -1.94. The quantitative estimate of drug-likeness (QED) is 0.342. The van der Waals surface area contributed by atoms with Gasteiger partial charge >= 0.3 is 0 Å². The number of halogens is 3. The normalized spacial score (nSPS) is 10.9. The van der Waals surface area contributed by atoms with Gasteiger partial charge in [-0.15, -0.1) is 0 Å². The van der Waals surface area contributed by atoms with Crippen molar-refractivity contribution in [3.05, 3.63) is 99.8 Å². The molecule has 0 fully saturated rings. The Kier molecular flexibility index (Phi) is 5.53. The van der Waals surface area contributed by atoms with Gasteiger partial charge in [0, 0.05) is 24.1 Å². The molecule has 0 spiro atoms. The van der Waals surface area contributed by atoms with Crippen LogP contribution in [0.15, 0.2) is 67.1 Å². The van der Waals surface area contributed by atoms with E-state index in [4.69, 9.17) is 23.2 Å². The Labute approximate surface area is 181 Å². The summed E-state index contributed by atoms with van der Waals surface area (Å²) in [5, 5.41) is 2.71. The molecule has 1 N–H and O–H groups in total. The summed E-state index contributed by atoms with van der Waals surface area (Å²) in [6.45, 7) is 0. The average molecular weight is 442 g/mol. The van der Waals surface area contributed by atoms with Gasteiger partial charge < -0.3 is 9.72 Å². The van der Waals surface area contributed by atoms with Crippen LogP contribution in [0.5, 0.6) is 0 Å². The van der Waals surface area contributed by atoms with Crippen molar-refractivity contribution in [2.45, 2.75) is 6.42 Å². The van der Waals surface area contributed by atoms with E-state index in [1.807, 2.05) is 12.1 Å². The molecule has 3 heterocycles. The molecule has 0 bridgehead atoms. The molecule has 0 aliphatic rings.